The number of hydrogen-bond donors (Lipinski definition) is 0. The predicted octanol–water partition coefficient (Wildman–Crippen LogP) is 2.84. The Labute approximate surface area is 196 Å². The summed E-state index contributed by atoms with van der Waals surface area (Å²) < 4.78 is 6.63. The van der Waals surface area contributed by atoms with Gasteiger partial charge in [-0.2, -0.15) is 0 Å². The molecule has 0 atom stereocenters. The lowest BCUT2D eigenvalue weighted by Crippen LogP contribution is -2.62. The molecule has 2 amide bonds. The molecule has 1 aromatic carbocycles. The maximum Gasteiger partial charge on any atom is 0.294 e. The number of amides is 2. The number of benzene rings is 1. The topological polar surface area (TPSA) is 93.5 Å². The SMILES string of the molecule is COCc1cccc(C(=O)N2CCN(C(=O)c3ncn(-c4cccc(Cl)c4)n3)C(C)(C)C2)n1. The van der Waals surface area contributed by atoms with Crippen LogP contribution in [0.25, 0.3) is 5.69 Å². The number of carbonyl (C=O) groups is 2. The van der Waals surface area contributed by atoms with E-state index in [0.717, 1.165) is 0 Å². The number of methoxy groups -OCH3 is 1. The first-order chi connectivity index (χ1) is 15.8. The number of hydrogen-bond acceptors (Lipinski definition) is 6. The Morgan fingerprint density at radius 3 is 2.64 bits per heavy atom. The van der Waals surface area contributed by atoms with Gasteiger partial charge in [-0.15, -0.1) is 5.10 Å². The minimum Gasteiger partial charge on any atom is -0.378 e. The largest absolute Gasteiger partial charge is 0.378 e. The summed E-state index contributed by atoms with van der Waals surface area (Å²) in [5, 5.41) is 4.91. The fraction of sp³-hybridized carbons (Fsp3) is 0.348. The molecule has 3 heterocycles. The summed E-state index contributed by atoms with van der Waals surface area (Å²) in [5.41, 5.74) is 1.16. The molecular formula is C23H25ClN6O3. The molecule has 0 unspecified atom stereocenters. The Hall–Kier alpha value is -3.30. The number of aromatic nitrogens is 4. The number of piperazine rings is 1. The summed E-state index contributed by atoms with van der Waals surface area (Å²) in [4.78, 5) is 38.3. The molecule has 172 valence electrons. The van der Waals surface area contributed by atoms with Crippen LogP contribution in [-0.4, -0.2) is 73.6 Å². The van der Waals surface area contributed by atoms with E-state index >= 15 is 0 Å². The van der Waals surface area contributed by atoms with Gasteiger partial charge in [-0.1, -0.05) is 23.7 Å². The summed E-state index contributed by atoms with van der Waals surface area (Å²) in [7, 11) is 1.59. The van der Waals surface area contributed by atoms with E-state index in [9.17, 15) is 9.59 Å². The molecule has 0 aliphatic carbocycles. The van der Waals surface area contributed by atoms with E-state index in [2.05, 4.69) is 15.1 Å². The number of carbonyl (C=O) groups excluding carboxylic acids is 2. The molecule has 0 bridgehead atoms. The highest BCUT2D eigenvalue weighted by Crippen LogP contribution is 2.24. The second-order valence-corrected chi connectivity index (χ2v) is 8.87. The van der Waals surface area contributed by atoms with Crippen molar-refractivity contribution in [3.63, 3.8) is 0 Å². The van der Waals surface area contributed by atoms with E-state index in [1.54, 1.807) is 47.2 Å². The van der Waals surface area contributed by atoms with Crippen LogP contribution in [0.2, 0.25) is 5.02 Å². The van der Waals surface area contributed by atoms with Crippen LogP contribution in [-0.2, 0) is 11.3 Å². The first-order valence-electron chi connectivity index (χ1n) is 10.5. The maximum atomic E-state index is 13.2. The Morgan fingerprint density at radius 2 is 1.91 bits per heavy atom. The third-order valence-corrected chi connectivity index (χ3v) is 5.74. The average Bonchev–Trinajstić information content (AvgIpc) is 3.28. The van der Waals surface area contributed by atoms with Gasteiger partial charge in [0, 0.05) is 31.8 Å². The van der Waals surface area contributed by atoms with Crippen molar-refractivity contribution in [1.29, 1.82) is 0 Å². The Bertz CT molecular complexity index is 1180. The molecule has 0 N–H and O–H groups in total. The highest BCUT2D eigenvalue weighted by Gasteiger charge is 2.40. The average molecular weight is 469 g/mol. The standard InChI is InChI=1S/C23H25ClN6O3/c1-23(2)14-28(21(31)19-9-5-7-17(26-19)13-33-3)10-11-29(23)22(32)20-25-15-30(27-20)18-8-4-6-16(24)12-18/h4-9,12,15H,10-11,13-14H2,1-3H3. The molecule has 0 radical (unpaired) electrons. The lowest BCUT2D eigenvalue weighted by atomic mass is 9.98. The molecule has 4 rings (SSSR count). The van der Waals surface area contributed by atoms with E-state index in [-0.39, 0.29) is 17.6 Å². The lowest BCUT2D eigenvalue weighted by molar-refractivity contribution is 0.0158. The summed E-state index contributed by atoms with van der Waals surface area (Å²) >= 11 is 6.05. The van der Waals surface area contributed by atoms with Crippen LogP contribution in [0.15, 0.2) is 48.8 Å². The minimum absolute atomic E-state index is 0.0942. The quantitative estimate of drug-likeness (QED) is 0.571. The number of ether oxygens (including phenoxy) is 1. The summed E-state index contributed by atoms with van der Waals surface area (Å²) in [5.74, 6) is -0.360. The van der Waals surface area contributed by atoms with Gasteiger partial charge in [-0.3, -0.25) is 9.59 Å². The number of nitrogens with zero attached hydrogens (tertiary/aromatic N) is 6. The van der Waals surface area contributed by atoms with Crippen molar-refractivity contribution in [3.05, 3.63) is 71.0 Å². The zero-order valence-corrected chi connectivity index (χ0v) is 19.5. The molecule has 1 aliphatic rings. The van der Waals surface area contributed by atoms with Crippen LogP contribution < -0.4 is 0 Å². The van der Waals surface area contributed by atoms with Crippen LogP contribution >= 0.6 is 11.6 Å². The van der Waals surface area contributed by atoms with Crippen molar-refractivity contribution >= 4 is 23.4 Å². The van der Waals surface area contributed by atoms with E-state index in [1.165, 1.54) is 11.0 Å². The van der Waals surface area contributed by atoms with Crippen molar-refractivity contribution in [1.82, 2.24) is 29.5 Å². The zero-order valence-electron chi connectivity index (χ0n) is 18.7. The van der Waals surface area contributed by atoms with Gasteiger partial charge in [0.05, 0.1) is 23.5 Å². The molecule has 0 spiro atoms. The van der Waals surface area contributed by atoms with E-state index in [4.69, 9.17) is 16.3 Å². The van der Waals surface area contributed by atoms with Gasteiger partial charge in [0.2, 0.25) is 5.82 Å². The van der Waals surface area contributed by atoms with Crippen molar-refractivity contribution in [2.24, 2.45) is 0 Å². The Kier molecular flexibility index (Phi) is 6.44. The van der Waals surface area contributed by atoms with Gasteiger partial charge in [0.25, 0.3) is 11.8 Å². The molecule has 2 aromatic heterocycles. The van der Waals surface area contributed by atoms with Gasteiger partial charge in [-0.25, -0.2) is 14.6 Å². The third-order valence-electron chi connectivity index (χ3n) is 5.51. The number of halogens is 1. The molecule has 0 saturated carbocycles. The van der Waals surface area contributed by atoms with Gasteiger partial charge >= 0.3 is 0 Å². The van der Waals surface area contributed by atoms with Crippen LogP contribution in [0.1, 0.15) is 40.6 Å². The number of rotatable bonds is 5. The smallest absolute Gasteiger partial charge is 0.294 e. The predicted molar refractivity (Wildman–Crippen MR) is 122 cm³/mol. The van der Waals surface area contributed by atoms with E-state index < -0.39 is 5.54 Å². The maximum absolute atomic E-state index is 13.2. The molecule has 10 heteroatoms. The highest BCUT2D eigenvalue weighted by molar-refractivity contribution is 6.30. The van der Waals surface area contributed by atoms with Crippen LogP contribution in [0.3, 0.4) is 0 Å². The highest BCUT2D eigenvalue weighted by atomic mass is 35.5. The first-order valence-corrected chi connectivity index (χ1v) is 10.9. The second-order valence-electron chi connectivity index (χ2n) is 8.44. The molecule has 3 aromatic rings. The van der Waals surface area contributed by atoms with E-state index in [1.807, 2.05) is 26.0 Å². The second kappa shape index (κ2) is 9.29. The molecule has 33 heavy (non-hydrogen) atoms. The van der Waals surface area contributed by atoms with E-state index in [0.29, 0.717) is 48.3 Å². The molecule has 1 saturated heterocycles. The van der Waals surface area contributed by atoms with Gasteiger partial charge in [-0.05, 0) is 44.2 Å². The van der Waals surface area contributed by atoms with Gasteiger partial charge < -0.3 is 14.5 Å². The number of pyridine rings is 1. The summed E-state index contributed by atoms with van der Waals surface area (Å²) in [6, 6.07) is 12.4. The third kappa shape index (κ3) is 4.89. The van der Waals surface area contributed by atoms with Crippen molar-refractivity contribution in [3.8, 4) is 5.69 Å². The fourth-order valence-electron chi connectivity index (χ4n) is 3.92. The Balaban J connectivity index is 1.48. The monoisotopic (exact) mass is 468 g/mol. The van der Waals surface area contributed by atoms with Crippen LogP contribution in [0.5, 0.6) is 0 Å². The zero-order chi connectivity index (χ0) is 23.6. The lowest BCUT2D eigenvalue weighted by Gasteiger charge is -2.46. The van der Waals surface area contributed by atoms with Crippen LogP contribution in [0, 0.1) is 0 Å². The normalized spacial score (nSPS) is 15.5. The van der Waals surface area contributed by atoms with Crippen LogP contribution in [0.4, 0.5) is 0 Å². The fourth-order valence-corrected chi connectivity index (χ4v) is 4.10. The first kappa shape index (κ1) is 22.9. The van der Waals surface area contributed by atoms with Gasteiger partial charge in [0.15, 0.2) is 0 Å². The van der Waals surface area contributed by atoms with Gasteiger partial charge in [0.1, 0.15) is 12.0 Å². The van der Waals surface area contributed by atoms with Crippen molar-refractivity contribution < 1.29 is 14.3 Å². The Morgan fingerprint density at radius 1 is 1.12 bits per heavy atom. The summed E-state index contributed by atoms with van der Waals surface area (Å²) in [6.45, 7) is 5.30. The summed E-state index contributed by atoms with van der Waals surface area (Å²) in [6.07, 6.45) is 1.49. The molecule has 1 aliphatic heterocycles. The molecular weight excluding hydrogens is 444 g/mol. The molecule has 1 fully saturated rings. The minimum atomic E-state index is -0.614. The van der Waals surface area contributed by atoms with Crippen molar-refractivity contribution in [2.45, 2.75) is 26.0 Å². The molecule has 9 nitrogen and oxygen atoms in total. The van der Waals surface area contributed by atoms with Crippen molar-refractivity contribution in [2.75, 3.05) is 26.7 Å².